The number of hydrogen-bond acceptors (Lipinski definition) is 3. The van der Waals surface area contributed by atoms with Gasteiger partial charge >= 0.3 is 0 Å². The van der Waals surface area contributed by atoms with Crippen molar-refractivity contribution in [2.24, 2.45) is 11.3 Å². The summed E-state index contributed by atoms with van der Waals surface area (Å²) < 4.78 is 0. The van der Waals surface area contributed by atoms with E-state index < -0.39 is 0 Å². The molecule has 0 amide bonds. The predicted octanol–water partition coefficient (Wildman–Crippen LogP) is 3.16. The lowest BCUT2D eigenvalue weighted by Crippen LogP contribution is -2.57. The Morgan fingerprint density at radius 1 is 1.09 bits per heavy atom. The summed E-state index contributed by atoms with van der Waals surface area (Å²) in [6.07, 6.45) is 4.16. The quantitative estimate of drug-likeness (QED) is 0.715. The van der Waals surface area contributed by atoms with Crippen LogP contribution in [0.15, 0.2) is 0 Å². The van der Waals surface area contributed by atoms with Gasteiger partial charge in [0.15, 0.2) is 0 Å². The molecule has 2 fully saturated rings. The normalized spacial score (nSPS) is 24.4. The monoisotopic (exact) mass is 309 g/mol. The molecule has 2 aliphatic heterocycles. The molecule has 2 rings (SSSR count). The van der Waals surface area contributed by atoms with Crippen LogP contribution in [-0.4, -0.2) is 73.1 Å². The van der Waals surface area contributed by atoms with Crippen molar-refractivity contribution in [3.63, 3.8) is 0 Å². The Bertz CT molecular complexity index is 326. The third-order valence-electron chi connectivity index (χ3n) is 6.06. The Labute approximate surface area is 139 Å². The fraction of sp³-hybridized carbons (Fsp3) is 1.00. The molecule has 22 heavy (non-hydrogen) atoms. The summed E-state index contributed by atoms with van der Waals surface area (Å²) >= 11 is 0. The Balaban J connectivity index is 1.63. The van der Waals surface area contributed by atoms with Gasteiger partial charge in [0.1, 0.15) is 0 Å². The fourth-order valence-corrected chi connectivity index (χ4v) is 4.04. The molecular weight excluding hydrogens is 270 g/mol. The average Bonchev–Trinajstić information content (AvgIpc) is 2.43. The van der Waals surface area contributed by atoms with Gasteiger partial charge in [-0.3, -0.25) is 0 Å². The van der Waals surface area contributed by atoms with Crippen LogP contribution >= 0.6 is 0 Å². The highest BCUT2D eigenvalue weighted by molar-refractivity contribution is 4.93. The van der Waals surface area contributed by atoms with Crippen LogP contribution in [0.5, 0.6) is 0 Å². The van der Waals surface area contributed by atoms with Gasteiger partial charge in [0, 0.05) is 31.7 Å². The zero-order valence-corrected chi connectivity index (χ0v) is 15.9. The van der Waals surface area contributed by atoms with E-state index in [1.165, 1.54) is 58.5 Å². The molecule has 2 saturated heterocycles. The maximum absolute atomic E-state index is 2.71. The molecule has 3 nitrogen and oxygen atoms in total. The number of nitrogens with zero attached hydrogens (tertiary/aromatic N) is 3. The highest BCUT2D eigenvalue weighted by atomic mass is 15.2. The Morgan fingerprint density at radius 2 is 1.68 bits per heavy atom. The summed E-state index contributed by atoms with van der Waals surface area (Å²) in [7, 11) is 2.26. The SMILES string of the molecule is CC(C)N(C)CCC1(C)CN(CC2CCN(C(C)C)CC2)C1. The molecule has 0 saturated carbocycles. The average molecular weight is 310 g/mol. The fourth-order valence-electron chi connectivity index (χ4n) is 4.04. The number of likely N-dealkylation sites (tertiary alicyclic amines) is 2. The van der Waals surface area contributed by atoms with Gasteiger partial charge < -0.3 is 14.7 Å². The summed E-state index contributed by atoms with van der Waals surface area (Å²) in [5.74, 6) is 0.942. The van der Waals surface area contributed by atoms with Gasteiger partial charge in [-0.2, -0.15) is 0 Å². The van der Waals surface area contributed by atoms with Crippen LogP contribution in [0.1, 0.15) is 53.9 Å². The second kappa shape index (κ2) is 7.63. The molecular formula is C19H39N3. The summed E-state index contributed by atoms with van der Waals surface area (Å²) in [6.45, 7) is 19.6. The van der Waals surface area contributed by atoms with Crippen molar-refractivity contribution in [2.75, 3.05) is 46.3 Å². The van der Waals surface area contributed by atoms with Crippen molar-refractivity contribution >= 4 is 0 Å². The van der Waals surface area contributed by atoms with Crippen molar-refractivity contribution in [3.05, 3.63) is 0 Å². The van der Waals surface area contributed by atoms with Gasteiger partial charge in [-0.05, 0) is 85.0 Å². The molecule has 2 heterocycles. The summed E-state index contributed by atoms with van der Waals surface area (Å²) in [4.78, 5) is 7.83. The third-order valence-corrected chi connectivity index (χ3v) is 6.06. The van der Waals surface area contributed by atoms with Gasteiger partial charge in [0.25, 0.3) is 0 Å². The first-order chi connectivity index (χ1) is 10.3. The van der Waals surface area contributed by atoms with Gasteiger partial charge in [-0.15, -0.1) is 0 Å². The number of piperidine rings is 1. The molecule has 0 aromatic heterocycles. The first-order valence-corrected chi connectivity index (χ1v) is 9.46. The highest BCUT2D eigenvalue weighted by Crippen LogP contribution is 2.35. The van der Waals surface area contributed by atoms with Crippen LogP contribution in [0, 0.1) is 11.3 Å². The molecule has 0 unspecified atom stereocenters. The predicted molar refractivity (Wildman–Crippen MR) is 96.4 cm³/mol. The Kier molecular flexibility index (Phi) is 6.32. The summed E-state index contributed by atoms with van der Waals surface area (Å²) in [5.41, 5.74) is 0.571. The Morgan fingerprint density at radius 3 is 2.18 bits per heavy atom. The van der Waals surface area contributed by atoms with Crippen molar-refractivity contribution in [3.8, 4) is 0 Å². The van der Waals surface area contributed by atoms with Crippen molar-refractivity contribution in [2.45, 2.75) is 66.0 Å². The van der Waals surface area contributed by atoms with E-state index in [9.17, 15) is 0 Å². The van der Waals surface area contributed by atoms with Gasteiger partial charge in [-0.1, -0.05) is 6.92 Å². The molecule has 0 radical (unpaired) electrons. The van der Waals surface area contributed by atoms with Crippen molar-refractivity contribution in [1.29, 1.82) is 0 Å². The van der Waals surface area contributed by atoms with E-state index in [0.29, 0.717) is 11.5 Å². The molecule has 0 N–H and O–H groups in total. The minimum absolute atomic E-state index is 0.571. The van der Waals surface area contributed by atoms with Gasteiger partial charge in [-0.25, -0.2) is 0 Å². The highest BCUT2D eigenvalue weighted by Gasteiger charge is 2.39. The number of hydrogen-bond donors (Lipinski definition) is 0. The molecule has 130 valence electrons. The van der Waals surface area contributed by atoms with Crippen LogP contribution in [0.4, 0.5) is 0 Å². The maximum atomic E-state index is 2.71. The minimum Gasteiger partial charge on any atom is -0.304 e. The molecule has 2 aliphatic rings. The zero-order valence-electron chi connectivity index (χ0n) is 15.9. The lowest BCUT2D eigenvalue weighted by molar-refractivity contribution is -0.0163. The van der Waals surface area contributed by atoms with Crippen LogP contribution < -0.4 is 0 Å². The molecule has 0 aliphatic carbocycles. The van der Waals surface area contributed by atoms with E-state index in [2.05, 4.69) is 56.4 Å². The molecule has 0 spiro atoms. The van der Waals surface area contributed by atoms with E-state index in [-0.39, 0.29) is 0 Å². The zero-order chi connectivity index (χ0) is 16.3. The van der Waals surface area contributed by atoms with E-state index in [0.717, 1.165) is 12.0 Å². The smallest absolute Gasteiger partial charge is 0.00484 e. The van der Waals surface area contributed by atoms with Crippen LogP contribution in [0.25, 0.3) is 0 Å². The van der Waals surface area contributed by atoms with E-state index in [1.807, 2.05) is 0 Å². The van der Waals surface area contributed by atoms with Crippen LogP contribution in [-0.2, 0) is 0 Å². The van der Waals surface area contributed by atoms with Crippen molar-refractivity contribution < 1.29 is 0 Å². The number of rotatable bonds is 7. The third kappa shape index (κ3) is 4.94. The van der Waals surface area contributed by atoms with E-state index >= 15 is 0 Å². The first-order valence-electron chi connectivity index (χ1n) is 9.46. The largest absolute Gasteiger partial charge is 0.304 e. The van der Waals surface area contributed by atoms with Gasteiger partial charge in [0.05, 0.1) is 0 Å². The van der Waals surface area contributed by atoms with E-state index in [4.69, 9.17) is 0 Å². The first kappa shape index (κ1) is 18.2. The Hall–Kier alpha value is -0.120. The minimum atomic E-state index is 0.571. The molecule has 0 aromatic rings. The lowest BCUT2D eigenvalue weighted by Gasteiger charge is -2.50. The maximum Gasteiger partial charge on any atom is 0.00484 e. The molecule has 0 aromatic carbocycles. The summed E-state index contributed by atoms with van der Waals surface area (Å²) in [6, 6.07) is 1.40. The lowest BCUT2D eigenvalue weighted by atomic mass is 9.77. The van der Waals surface area contributed by atoms with E-state index in [1.54, 1.807) is 0 Å². The van der Waals surface area contributed by atoms with Crippen LogP contribution in [0.2, 0.25) is 0 Å². The molecule has 0 bridgehead atoms. The summed E-state index contributed by atoms with van der Waals surface area (Å²) in [5, 5.41) is 0. The van der Waals surface area contributed by atoms with Crippen LogP contribution in [0.3, 0.4) is 0 Å². The van der Waals surface area contributed by atoms with Gasteiger partial charge in [0.2, 0.25) is 0 Å². The second-order valence-electron chi connectivity index (χ2n) is 8.88. The second-order valence-corrected chi connectivity index (χ2v) is 8.88. The van der Waals surface area contributed by atoms with Crippen molar-refractivity contribution in [1.82, 2.24) is 14.7 Å². The molecule has 3 heteroatoms. The molecule has 0 atom stereocenters. The topological polar surface area (TPSA) is 9.72 Å². The standard InChI is InChI=1S/C19H39N3/c1-16(2)20(6)12-9-19(5)14-21(15-19)13-18-7-10-22(11-8-18)17(3)4/h16-18H,7-15H2,1-6H3.